The molecule has 0 saturated carbocycles. The van der Waals surface area contributed by atoms with Gasteiger partial charge in [0.2, 0.25) is 5.91 Å². The first-order valence-corrected chi connectivity index (χ1v) is 8.88. The van der Waals surface area contributed by atoms with Crippen molar-refractivity contribution in [2.24, 2.45) is 0 Å². The molecule has 2 rings (SSSR count). The molecular formula is C18H26BN3O4. The fraction of sp³-hybridized carbons (Fsp3) is 0.444. The number of carbonyl (C=O) groups is 2. The summed E-state index contributed by atoms with van der Waals surface area (Å²) in [6.45, 7) is 4.49. The van der Waals surface area contributed by atoms with Crippen LogP contribution in [-0.2, 0) is 11.2 Å². The van der Waals surface area contributed by atoms with Crippen LogP contribution in [0.4, 0.5) is 4.79 Å². The molecule has 0 aromatic heterocycles. The Morgan fingerprint density at radius 3 is 2.69 bits per heavy atom. The molecule has 1 aromatic carbocycles. The monoisotopic (exact) mass is 359 g/mol. The maximum atomic E-state index is 12.2. The predicted octanol–water partition coefficient (Wildman–Crippen LogP) is 0.476. The van der Waals surface area contributed by atoms with Gasteiger partial charge in [-0.1, -0.05) is 36.9 Å². The highest BCUT2D eigenvalue weighted by Crippen LogP contribution is 2.16. The molecule has 4 N–H and O–H groups in total. The van der Waals surface area contributed by atoms with Crippen molar-refractivity contribution in [2.75, 3.05) is 13.1 Å². The Morgan fingerprint density at radius 2 is 2.04 bits per heavy atom. The molecule has 0 radical (unpaired) electrons. The Hall–Kier alpha value is -2.32. The van der Waals surface area contributed by atoms with Gasteiger partial charge < -0.3 is 25.6 Å². The lowest BCUT2D eigenvalue weighted by Gasteiger charge is -2.35. The molecule has 1 heterocycles. The third kappa shape index (κ3) is 5.89. The summed E-state index contributed by atoms with van der Waals surface area (Å²) in [5, 5.41) is 24.4. The Balaban J connectivity index is 1.87. The first kappa shape index (κ1) is 20.0. The summed E-state index contributed by atoms with van der Waals surface area (Å²) < 4.78 is 0. The summed E-state index contributed by atoms with van der Waals surface area (Å²) in [6.07, 6.45) is 4.35. The Morgan fingerprint density at radius 1 is 1.31 bits per heavy atom. The van der Waals surface area contributed by atoms with Gasteiger partial charge in [-0.05, 0) is 37.3 Å². The molecule has 1 aliphatic rings. The van der Waals surface area contributed by atoms with Crippen LogP contribution in [0.15, 0.2) is 43.0 Å². The summed E-state index contributed by atoms with van der Waals surface area (Å²) in [5.41, 5.74) is 0.890. The molecule has 140 valence electrons. The lowest BCUT2D eigenvalue weighted by molar-refractivity contribution is -0.129. The van der Waals surface area contributed by atoms with E-state index in [2.05, 4.69) is 17.2 Å². The van der Waals surface area contributed by atoms with E-state index in [9.17, 15) is 19.6 Å². The van der Waals surface area contributed by atoms with Crippen LogP contribution in [0, 0.1) is 0 Å². The lowest BCUT2D eigenvalue weighted by atomic mass is 9.76. The van der Waals surface area contributed by atoms with Gasteiger partial charge in [-0.2, -0.15) is 0 Å². The van der Waals surface area contributed by atoms with Crippen molar-refractivity contribution in [3.05, 3.63) is 48.6 Å². The molecule has 0 aliphatic carbocycles. The molecule has 2 atom stereocenters. The van der Waals surface area contributed by atoms with Crippen molar-refractivity contribution in [3.63, 3.8) is 0 Å². The number of urea groups is 1. The van der Waals surface area contributed by atoms with E-state index in [1.54, 1.807) is 4.90 Å². The molecule has 1 unspecified atom stereocenters. The minimum absolute atomic E-state index is 0.0772. The summed E-state index contributed by atoms with van der Waals surface area (Å²) in [7, 11) is -1.67. The van der Waals surface area contributed by atoms with Crippen molar-refractivity contribution < 1.29 is 19.6 Å². The predicted molar refractivity (Wildman–Crippen MR) is 100 cm³/mol. The SMILES string of the molecule is C=CC(=O)N1CCCC[C@H]1CNC(=O)NC(Cc1ccccc1)B(O)O. The average molecular weight is 359 g/mol. The fourth-order valence-electron chi connectivity index (χ4n) is 3.15. The van der Waals surface area contributed by atoms with Gasteiger partial charge in [-0.25, -0.2) is 4.79 Å². The van der Waals surface area contributed by atoms with Gasteiger partial charge in [0.05, 0.1) is 5.94 Å². The third-order valence-corrected chi connectivity index (χ3v) is 4.56. The fourth-order valence-corrected chi connectivity index (χ4v) is 3.15. The van der Waals surface area contributed by atoms with E-state index in [4.69, 9.17) is 0 Å². The Kier molecular flexibility index (Phi) is 7.68. The molecular weight excluding hydrogens is 333 g/mol. The van der Waals surface area contributed by atoms with Crippen LogP contribution in [0.2, 0.25) is 0 Å². The number of carbonyl (C=O) groups excluding carboxylic acids is 2. The molecule has 0 spiro atoms. The molecule has 8 heteroatoms. The van der Waals surface area contributed by atoms with Gasteiger partial charge in [-0.3, -0.25) is 4.79 Å². The van der Waals surface area contributed by atoms with Crippen molar-refractivity contribution in [2.45, 2.75) is 37.7 Å². The van der Waals surface area contributed by atoms with Crippen molar-refractivity contribution in [3.8, 4) is 0 Å². The maximum absolute atomic E-state index is 12.2. The number of hydrogen-bond acceptors (Lipinski definition) is 4. The van der Waals surface area contributed by atoms with Crippen molar-refractivity contribution in [1.82, 2.24) is 15.5 Å². The zero-order valence-corrected chi connectivity index (χ0v) is 14.8. The minimum Gasteiger partial charge on any atom is -0.426 e. The van der Waals surface area contributed by atoms with Crippen LogP contribution in [0.3, 0.4) is 0 Å². The summed E-state index contributed by atoms with van der Waals surface area (Å²) in [6, 6.07) is 8.72. The van der Waals surface area contributed by atoms with Crippen LogP contribution in [-0.4, -0.2) is 59.1 Å². The summed E-state index contributed by atoms with van der Waals surface area (Å²) in [5.74, 6) is -0.959. The number of hydrogen-bond donors (Lipinski definition) is 4. The average Bonchev–Trinajstić information content (AvgIpc) is 2.66. The number of rotatable bonds is 7. The van der Waals surface area contributed by atoms with E-state index in [1.807, 2.05) is 30.3 Å². The zero-order chi connectivity index (χ0) is 18.9. The molecule has 1 saturated heterocycles. The van der Waals surface area contributed by atoms with E-state index in [0.29, 0.717) is 19.5 Å². The van der Waals surface area contributed by atoms with Crippen LogP contribution >= 0.6 is 0 Å². The highest BCUT2D eigenvalue weighted by Gasteiger charge is 2.28. The van der Waals surface area contributed by atoms with Gasteiger partial charge in [-0.15, -0.1) is 0 Å². The van der Waals surface area contributed by atoms with Gasteiger partial charge in [0, 0.05) is 19.1 Å². The van der Waals surface area contributed by atoms with Crippen molar-refractivity contribution >= 4 is 19.1 Å². The molecule has 3 amide bonds. The third-order valence-electron chi connectivity index (χ3n) is 4.56. The second kappa shape index (κ2) is 9.99. The highest BCUT2D eigenvalue weighted by atomic mass is 16.4. The first-order valence-electron chi connectivity index (χ1n) is 8.88. The lowest BCUT2D eigenvalue weighted by Crippen LogP contribution is -2.54. The van der Waals surface area contributed by atoms with Crippen LogP contribution < -0.4 is 10.6 Å². The number of nitrogens with zero attached hydrogens (tertiary/aromatic N) is 1. The normalized spacial score (nSPS) is 17.9. The summed E-state index contributed by atoms with van der Waals surface area (Å²) in [4.78, 5) is 25.8. The molecule has 26 heavy (non-hydrogen) atoms. The minimum atomic E-state index is -1.67. The van der Waals surface area contributed by atoms with E-state index < -0.39 is 19.1 Å². The number of nitrogens with one attached hydrogen (secondary N) is 2. The zero-order valence-electron chi connectivity index (χ0n) is 14.8. The highest BCUT2D eigenvalue weighted by molar-refractivity contribution is 6.43. The molecule has 1 fully saturated rings. The second-order valence-electron chi connectivity index (χ2n) is 6.45. The Bertz CT molecular complexity index is 612. The maximum Gasteiger partial charge on any atom is 0.475 e. The smallest absolute Gasteiger partial charge is 0.426 e. The number of benzene rings is 1. The van der Waals surface area contributed by atoms with Crippen LogP contribution in [0.25, 0.3) is 0 Å². The number of likely N-dealkylation sites (tertiary alicyclic amines) is 1. The molecule has 1 aromatic rings. The van der Waals surface area contributed by atoms with Gasteiger partial charge in [0.25, 0.3) is 0 Å². The number of amides is 3. The van der Waals surface area contributed by atoms with Gasteiger partial charge in [0.1, 0.15) is 0 Å². The first-order chi connectivity index (χ1) is 12.5. The summed E-state index contributed by atoms with van der Waals surface area (Å²) >= 11 is 0. The molecule has 0 bridgehead atoms. The van der Waals surface area contributed by atoms with E-state index in [-0.39, 0.29) is 11.9 Å². The standard InChI is InChI=1S/C18H26BN3O4/c1-2-17(23)22-11-7-6-10-15(22)13-20-18(24)21-16(19(25)26)12-14-8-4-3-5-9-14/h2-5,8-9,15-16,25-26H,1,6-7,10-13H2,(H2,20,21,24)/t15-,16?/m0/s1. The molecule has 7 nitrogen and oxygen atoms in total. The van der Waals surface area contributed by atoms with E-state index in [1.165, 1.54) is 6.08 Å². The van der Waals surface area contributed by atoms with Gasteiger partial charge in [0.15, 0.2) is 0 Å². The number of piperidine rings is 1. The largest absolute Gasteiger partial charge is 0.475 e. The Labute approximate surface area is 154 Å². The van der Waals surface area contributed by atoms with Crippen LogP contribution in [0.1, 0.15) is 24.8 Å². The van der Waals surface area contributed by atoms with Crippen LogP contribution in [0.5, 0.6) is 0 Å². The molecule has 1 aliphatic heterocycles. The second-order valence-corrected chi connectivity index (χ2v) is 6.45. The van der Waals surface area contributed by atoms with E-state index in [0.717, 1.165) is 24.8 Å². The van der Waals surface area contributed by atoms with Crippen molar-refractivity contribution in [1.29, 1.82) is 0 Å². The van der Waals surface area contributed by atoms with E-state index >= 15 is 0 Å². The topological polar surface area (TPSA) is 102 Å². The quantitative estimate of drug-likeness (QED) is 0.420. The van der Waals surface area contributed by atoms with Gasteiger partial charge >= 0.3 is 13.1 Å².